The number of hydrogen-bond acceptors (Lipinski definition) is 1. The average molecular weight is 246 g/mol. The maximum atomic E-state index is 5.80. The zero-order valence-electron chi connectivity index (χ0n) is 11.8. The van der Waals surface area contributed by atoms with Crippen molar-refractivity contribution in [3.63, 3.8) is 0 Å². The molecule has 1 atom stereocenters. The average Bonchev–Trinajstić information content (AvgIpc) is 2.46. The van der Waals surface area contributed by atoms with E-state index in [-0.39, 0.29) is 0 Å². The van der Waals surface area contributed by atoms with Gasteiger partial charge in [0.1, 0.15) is 5.75 Å². The molecule has 0 amide bonds. The van der Waals surface area contributed by atoms with E-state index in [0.29, 0.717) is 5.92 Å². The first kappa shape index (κ1) is 13.5. The normalized spacial score (nSPS) is 18.6. The Labute approximate surface area is 112 Å². The standard InChI is InChI=1S/C17H26O/c1-3-14(2)13-18-17-11-9-16(10-12-17)15-7-5-4-6-8-15/h9-12,14-15H,3-8,13H2,1-2H3/t14-/m0/s1. The SMILES string of the molecule is CC[C@H](C)COc1ccc(C2CCCCC2)cc1. The Balaban J connectivity index is 1.88. The molecule has 0 spiro atoms. The summed E-state index contributed by atoms with van der Waals surface area (Å²) in [6.45, 7) is 5.27. The van der Waals surface area contributed by atoms with E-state index in [1.807, 2.05) is 0 Å². The van der Waals surface area contributed by atoms with Crippen molar-refractivity contribution in [3.05, 3.63) is 29.8 Å². The molecule has 0 bridgehead atoms. The summed E-state index contributed by atoms with van der Waals surface area (Å²) in [5, 5.41) is 0. The summed E-state index contributed by atoms with van der Waals surface area (Å²) in [7, 11) is 0. The van der Waals surface area contributed by atoms with Gasteiger partial charge < -0.3 is 4.74 Å². The van der Waals surface area contributed by atoms with E-state index in [4.69, 9.17) is 4.74 Å². The smallest absolute Gasteiger partial charge is 0.119 e. The highest BCUT2D eigenvalue weighted by Crippen LogP contribution is 2.33. The van der Waals surface area contributed by atoms with Crippen LogP contribution < -0.4 is 4.74 Å². The van der Waals surface area contributed by atoms with Gasteiger partial charge in [0.25, 0.3) is 0 Å². The summed E-state index contributed by atoms with van der Waals surface area (Å²) in [6, 6.07) is 8.82. The molecule has 100 valence electrons. The van der Waals surface area contributed by atoms with Gasteiger partial charge in [-0.15, -0.1) is 0 Å². The first-order valence-electron chi connectivity index (χ1n) is 7.52. The summed E-state index contributed by atoms with van der Waals surface area (Å²) in [5.74, 6) is 2.46. The fourth-order valence-corrected chi connectivity index (χ4v) is 2.63. The zero-order chi connectivity index (χ0) is 12.8. The van der Waals surface area contributed by atoms with E-state index in [2.05, 4.69) is 38.1 Å². The van der Waals surface area contributed by atoms with Crippen LogP contribution in [-0.4, -0.2) is 6.61 Å². The Bertz CT molecular complexity index is 335. The number of rotatable bonds is 5. The lowest BCUT2D eigenvalue weighted by molar-refractivity contribution is 0.256. The Morgan fingerprint density at radius 3 is 2.39 bits per heavy atom. The molecule has 2 rings (SSSR count). The van der Waals surface area contributed by atoms with Crippen molar-refractivity contribution in [3.8, 4) is 5.75 Å². The molecule has 0 aliphatic heterocycles. The molecule has 0 N–H and O–H groups in total. The fourth-order valence-electron chi connectivity index (χ4n) is 2.63. The molecule has 0 aromatic heterocycles. The molecule has 1 nitrogen and oxygen atoms in total. The lowest BCUT2D eigenvalue weighted by Crippen LogP contribution is -2.07. The van der Waals surface area contributed by atoms with Gasteiger partial charge in [-0.05, 0) is 42.4 Å². The summed E-state index contributed by atoms with van der Waals surface area (Å²) >= 11 is 0. The number of benzene rings is 1. The van der Waals surface area contributed by atoms with Crippen molar-refractivity contribution in [1.82, 2.24) is 0 Å². The topological polar surface area (TPSA) is 9.23 Å². The van der Waals surface area contributed by atoms with E-state index in [9.17, 15) is 0 Å². The summed E-state index contributed by atoms with van der Waals surface area (Å²) in [5.41, 5.74) is 1.51. The quantitative estimate of drug-likeness (QED) is 0.697. The van der Waals surface area contributed by atoms with Gasteiger partial charge >= 0.3 is 0 Å². The summed E-state index contributed by atoms with van der Waals surface area (Å²) in [4.78, 5) is 0. The molecule has 0 radical (unpaired) electrons. The Kier molecular flexibility index (Phi) is 5.10. The van der Waals surface area contributed by atoms with Crippen molar-refractivity contribution in [2.75, 3.05) is 6.61 Å². The van der Waals surface area contributed by atoms with Crippen molar-refractivity contribution >= 4 is 0 Å². The van der Waals surface area contributed by atoms with Crippen LogP contribution in [0, 0.1) is 5.92 Å². The van der Waals surface area contributed by atoms with Gasteiger partial charge in [-0.2, -0.15) is 0 Å². The highest BCUT2D eigenvalue weighted by molar-refractivity contribution is 5.29. The minimum atomic E-state index is 0.642. The van der Waals surface area contributed by atoms with Crippen LogP contribution in [0.3, 0.4) is 0 Å². The van der Waals surface area contributed by atoms with E-state index in [1.165, 1.54) is 44.1 Å². The molecule has 1 fully saturated rings. The zero-order valence-corrected chi connectivity index (χ0v) is 11.8. The molecule has 1 aromatic carbocycles. The third-order valence-corrected chi connectivity index (χ3v) is 4.19. The minimum absolute atomic E-state index is 0.642. The van der Waals surface area contributed by atoms with Crippen LogP contribution in [0.2, 0.25) is 0 Å². The van der Waals surface area contributed by atoms with Crippen molar-refractivity contribution in [2.45, 2.75) is 58.3 Å². The number of hydrogen-bond donors (Lipinski definition) is 0. The molecule has 18 heavy (non-hydrogen) atoms. The molecular formula is C17H26O. The molecule has 1 saturated carbocycles. The van der Waals surface area contributed by atoms with Gasteiger partial charge in [-0.3, -0.25) is 0 Å². The molecule has 0 saturated heterocycles. The highest BCUT2D eigenvalue weighted by Gasteiger charge is 2.15. The lowest BCUT2D eigenvalue weighted by atomic mass is 9.84. The van der Waals surface area contributed by atoms with Crippen LogP contribution in [0.1, 0.15) is 63.9 Å². The third kappa shape index (κ3) is 3.76. The molecule has 1 heteroatoms. The molecule has 0 unspecified atom stereocenters. The maximum absolute atomic E-state index is 5.80. The molecule has 0 heterocycles. The van der Waals surface area contributed by atoms with Gasteiger partial charge in [0, 0.05) is 0 Å². The summed E-state index contributed by atoms with van der Waals surface area (Å²) in [6.07, 6.45) is 8.14. The summed E-state index contributed by atoms with van der Waals surface area (Å²) < 4.78 is 5.80. The molecular weight excluding hydrogens is 220 g/mol. The third-order valence-electron chi connectivity index (χ3n) is 4.19. The van der Waals surface area contributed by atoms with Crippen molar-refractivity contribution < 1.29 is 4.74 Å². The van der Waals surface area contributed by atoms with Gasteiger partial charge in [-0.25, -0.2) is 0 Å². The van der Waals surface area contributed by atoms with Crippen LogP contribution in [0.5, 0.6) is 5.75 Å². The van der Waals surface area contributed by atoms with E-state index in [1.54, 1.807) is 0 Å². The first-order valence-corrected chi connectivity index (χ1v) is 7.52. The Morgan fingerprint density at radius 1 is 1.11 bits per heavy atom. The molecule has 1 aromatic rings. The fraction of sp³-hybridized carbons (Fsp3) is 0.647. The Morgan fingerprint density at radius 2 is 1.78 bits per heavy atom. The van der Waals surface area contributed by atoms with Crippen LogP contribution >= 0.6 is 0 Å². The van der Waals surface area contributed by atoms with Gasteiger partial charge in [0.2, 0.25) is 0 Å². The van der Waals surface area contributed by atoms with Crippen LogP contribution in [0.25, 0.3) is 0 Å². The maximum Gasteiger partial charge on any atom is 0.119 e. The van der Waals surface area contributed by atoms with Crippen molar-refractivity contribution in [2.24, 2.45) is 5.92 Å². The largest absolute Gasteiger partial charge is 0.493 e. The van der Waals surface area contributed by atoms with Gasteiger partial charge in [-0.1, -0.05) is 51.7 Å². The van der Waals surface area contributed by atoms with E-state index in [0.717, 1.165) is 18.3 Å². The second kappa shape index (κ2) is 6.82. The minimum Gasteiger partial charge on any atom is -0.493 e. The van der Waals surface area contributed by atoms with Gasteiger partial charge in [0.15, 0.2) is 0 Å². The molecule has 1 aliphatic rings. The van der Waals surface area contributed by atoms with Crippen LogP contribution in [0.4, 0.5) is 0 Å². The highest BCUT2D eigenvalue weighted by atomic mass is 16.5. The first-order chi connectivity index (χ1) is 8.79. The number of ether oxygens (including phenoxy) is 1. The second-order valence-electron chi connectivity index (χ2n) is 5.73. The lowest BCUT2D eigenvalue weighted by Gasteiger charge is -2.22. The van der Waals surface area contributed by atoms with Crippen molar-refractivity contribution in [1.29, 1.82) is 0 Å². The Hall–Kier alpha value is -0.980. The monoisotopic (exact) mass is 246 g/mol. The predicted molar refractivity (Wildman–Crippen MR) is 77.2 cm³/mol. The van der Waals surface area contributed by atoms with Crippen LogP contribution in [-0.2, 0) is 0 Å². The van der Waals surface area contributed by atoms with E-state index < -0.39 is 0 Å². The van der Waals surface area contributed by atoms with Gasteiger partial charge in [0.05, 0.1) is 6.61 Å². The second-order valence-corrected chi connectivity index (χ2v) is 5.73. The van der Waals surface area contributed by atoms with E-state index >= 15 is 0 Å². The van der Waals surface area contributed by atoms with Crippen LogP contribution in [0.15, 0.2) is 24.3 Å². The predicted octanol–water partition coefficient (Wildman–Crippen LogP) is 5.16. The molecule has 1 aliphatic carbocycles.